The largest absolute Gasteiger partial charge is 0.450 e. The maximum absolute atomic E-state index is 14.3. The molecule has 0 atom stereocenters. The van der Waals surface area contributed by atoms with Gasteiger partial charge in [-0.3, -0.25) is 0 Å². The Labute approximate surface area is 382 Å². The predicted octanol–water partition coefficient (Wildman–Crippen LogP) is 9.20. The number of esters is 6. The fraction of sp³-hybridized carbons (Fsp3) is 0.222. The lowest BCUT2D eigenvalue weighted by molar-refractivity contribution is -0.223. The molecule has 0 N–H and O–H groups in total. The first-order chi connectivity index (χ1) is 31.6. The molecule has 0 unspecified atom stereocenters. The molecule has 0 aliphatic heterocycles. The van der Waals surface area contributed by atoms with E-state index < -0.39 is 72.4 Å². The summed E-state index contributed by atoms with van der Waals surface area (Å²) < 4.78 is 37.5. The van der Waals surface area contributed by atoms with E-state index in [0.717, 1.165) is 33.4 Å². The summed E-state index contributed by atoms with van der Waals surface area (Å²) in [5.74, 6) is -5.78. The molecule has 0 radical (unpaired) electrons. The van der Waals surface area contributed by atoms with Crippen molar-refractivity contribution in [2.45, 2.75) is 78.2 Å². The molecule has 0 heterocycles. The van der Waals surface area contributed by atoms with Crippen LogP contribution in [0.3, 0.4) is 0 Å². The Morgan fingerprint density at radius 2 is 0.333 bits per heavy atom. The zero-order valence-electron chi connectivity index (χ0n) is 37.2. The molecular weight excluding hydrogens is 841 g/mol. The van der Waals surface area contributed by atoms with E-state index in [2.05, 4.69) is 0 Å². The van der Waals surface area contributed by atoms with Crippen molar-refractivity contribution in [3.8, 4) is 0 Å². The molecular formula is C54H48O12. The zero-order chi connectivity index (χ0) is 47.1. The van der Waals surface area contributed by atoms with Gasteiger partial charge in [0, 0.05) is 0 Å². The van der Waals surface area contributed by atoms with Crippen molar-refractivity contribution < 1.29 is 57.2 Å². The smallest absolute Gasteiger partial charge is 0.338 e. The average molecular weight is 889 g/mol. The number of carbonyl (C=O) groups is 6. The van der Waals surface area contributed by atoms with Gasteiger partial charge in [-0.15, -0.1) is 0 Å². The Kier molecular flexibility index (Phi) is 14.2. The lowest BCUT2D eigenvalue weighted by Crippen LogP contribution is -2.69. The van der Waals surface area contributed by atoms with Crippen molar-refractivity contribution in [1.29, 1.82) is 0 Å². The second-order valence-electron chi connectivity index (χ2n) is 16.4. The number of rotatable bonds is 12. The molecule has 1 fully saturated rings. The van der Waals surface area contributed by atoms with E-state index in [1.165, 1.54) is 72.8 Å². The summed E-state index contributed by atoms with van der Waals surface area (Å²) in [4.78, 5) is 86.0. The van der Waals surface area contributed by atoms with Crippen LogP contribution in [0.15, 0.2) is 146 Å². The molecule has 1 aliphatic carbocycles. The van der Waals surface area contributed by atoms with Crippen molar-refractivity contribution in [2.24, 2.45) is 0 Å². The highest BCUT2D eigenvalue weighted by molar-refractivity contribution is 5.93. The molecule has 12 nitrogen and oxygen atoms in total. The molecule has 7 rings (SSSR count). The van der Waals surface area contributed by atoms with Crippen molar-refractivity contribution in [3.63, 3.8) is 0 Å². The normalized spacial score (nSPS) is 18.8. The standard InChI is InChI=1S/C54H48O12/c1-31-7-19-37(20-8-31)49(55)61-43-44(62-50(56)38-21-9-32(2)10-22-38)46(64-52(58)40-25-13-34(4)14-26-40)48(66-54(60)42-29-17-36(6)18-30-42)47(65-53(59)41-27-15-35(5)16-28-41)45(43)63-51(57)39-23-11-33(3)12-24-39/h7-30,43-48H,1-6H3. The van der Waals surface area contributed by atoms with E-state index in [1.54, 1.807) is 72.8 Å². The van der Waals surface area contributed by atoms with E-state index in [0.29, 0.717) is 0 Å². The second kappa shape index (κ2) is 20.3. The third kappa shape index (κ3) is 11.1. The van der Waals surface area contributed by atoms with Gasteiger partial charge in [0.1, 0.15) is 0 Å². The van der Waals surface area contributed by atoms with Crippen molar-refractivity contribution in [2.75, 3.05) is 0 Å². The fourth-order valence-corrected chi connectivity index (χ4v) is 7.21. The van der Waals surface area contributed by atoms with Gasteiger partial charge < -0.3 is 28.4 Å². The molecule has 1 saturated carbocycles. The van der Waals surface area contributed by atoms with Crippen LogP contribution in [0, 0.1) is 41.5 Å². The maximum atomic E-state index is 14.3. The van der Waals surface area contributed by atoms with Crippen molar-refractivity contribution in [3.05, 3.63) is 212 Å². The van der Waals surface area contributed by atoms with Crippen LogP contribution in [0.5, 0.6) is 0 Å². The Balaban J connectivity index is 1.45. The van der Waals surface area contributed by atoms with Crippen LogP contribution in [0.1, 0.15) is 95.5 Å². The predicted molar refractivity (Wildman–Crippen MR) is 242 cm³/mol. The first-order valence-electron chi connectivity index (χ1n) is 21.3. The van der Waals surface area contributed by atoms with E-state index in [-0.39, 0.29) is 33.4 Å². The van der Waals surface area contributed by atoms with Gasteiger partial charge >= 0.3 is 35.8 Å². The van der Waals surface area contributed by atoms with Crippen molar-refractivity contribution in [1.82, 2.24) is 0 Å². The molecule has 0 aromatic heterocycles. The third-order valence-electron chi connectivity index (χ3n) is 11.1. The Hall–Kier alpha value is -7.86. The average Bonchev–Trinajstić information content (AvgIpc) is 3.30. The summed E-state index contributed by atoms with van der Waals surface area (Å²) in [6, 6.07) is 38.3. The molecule has 6 aromatic rings. The number of ether oxygens (including phenoxy) is 6. The highest BCUT2D eigenvalue weighted by atomic mass is 16.7. The summed E-state index contributed by atoms with van der Waals surface area (Å²) >= 11 is 0. The Morgan fingerprint density at radius 1 is 0.227 bits per heavy atom. The fourth-order valence-electron chi connectivity index (χ4n) is 7.21. The second-order valence-corrected chi connectivity index (χ2v) is 16.4. The van der Waals surface area contributed by atoms with Crippen LogP contribution in [-0.4, -0.2) is 72.4 Å². The SMILES string of the molecule is Cc1ccc(C(=O)OC2C(OC(=O)c3ccc(C)cc3)C(OC(=O)c3ccc(C)cc3)C(OC(=O)c3ccc(C)cc3)C(OC(=O)c3ccc(C)cc3)C2OC(=O)c2ccc(C)cc2)cc1. The van der Waals surface area contributed by atoms with Gasteiger partial charge in [0.2, 0.25) is 0 Å². The minimum atomic E-state index is -1.90. The zero-order valence-corrected chi connectivity index (χ0v) is 37.2. The van der Waals surface area contributed by atoms with E-state index >= 15 is 0 Å². The highest BCUT2D eigenvalue weighted by Crippen LogP contribution is 2.37. The molecule has 1 aliphatic rings. The number of aryl methyl sites for hydroxylation is 6. The molecule has 0 amide bonds. The van der Waals surface area contributed by atoms with Gasteiger partial charge in [-0.25, -0.2) is 28.8 Å². The molecule has 0 saturated heterocycles. The highest BCUT2D eigenvalue weighted by Gasteiger charge is 2.61. The van der Waals surface area contributed by atoms with Crippen LogP contribution in [0.4, 0.5) is 0 Å². The molecule has 0 bridgehead atoms. The van der Waals surface area contributed by atoms with Crippen LogP contribution < -0.4 is 0 Å². The van der Waals surface area contributed by atoms with E-state index in [4.69, 9.17) is 28.4 Å². The van der Waals surface area contributed by atoms with E-state index in [1.807, 2.05) is 41.5 Å². The van der Waals surface area contributed by atoms with E-state index in [9.17, 15) is 28.8 Å². The lowest BCUT2D eigenvalue weighted by Gasteiger charge is -2.47. The molecule has 0 spiro atoms. The monoisotopic (exact) mass is 888 g/mol. The number of benzene rings is 6. The topological polar surface area (TPSA) is 158 Å². The quantitative estimate of drug-likeness (QED) is 0.0849. The van der Waals surface area contributed by atoms with Gasteiger partial charge in [0.15, 0.2) is 36.6 Å². The van der Waals surface area contributed by atoms with Crippen LogP contribution in [0.2, 0.25) is 0 Å². The third-order valence-corrected chi connectivity index (χ3v) is 11.1. The number of carbonyl (C=O) groups excluding carboxylic acids is 6. The molecule has 12 heteroatoms. The van der Waals surface area contributed by atoms with Crippen LogP contribution in [-0.2, 0) is 28.4 Å². The lowest BCUT2D eigenvalue weighted by atomic mass is 9.83. The summed E-state index contributed by atoms with van der Waals surface area (Å²) in [5.41, 5.74) is 5.36. The summed E-state index contributed by atoms with van der Waals surface area (Å²) in [6.45, 7) is 11.0. The van der Waals surface area contributed by atoms with Gasteiger partial charge in [0.05, 0.1) is 33.4 Å². The minimum Gasteiger partial charge on any atom is -0.450 e. The number of hydrogen-bond donors (Lipinski definition) is 0. The molecule has 66 heavy (non-hydrogen) atoms. The Bertz CT molecular complexity index is 2200. The first kappa shape index (κ1) is 46.1. The minimum absolute atomic E-state index is 0.0575. The summed E-state index contributed by atoms with van der Waals surface area (Å²) in [6.07, 6.45) is -11.4. The molecule has 6 aromatic carbocycles. The number of hydrogen-bond acceptors (Lipinski definition) is 12. The summed E-state index contributed by atoms with van der Waals surface area (Å²) in [7, 11) is 0. The van der Waals surface area contributed by atoms with Crippen molar-refractivity contribution >= 4 is 35.8 Å². The van der Waals surface area contributed by atoms with Gasteiger partial charge in [-0.2, -0.15) is 0 Å². The molecule has 336 valence electrons. The van der Waals surface area contributed by atoms with Crippen LogP contribution >= 0.6 is 0 Å². The van der Waals surface area contributed by atoms with Gasteiger partial charge in [-0.05, 0) is 114 Å². The Morgan fingerprint density at radius 3 is 0.439 bits per heavy atom. The van der Waals surface area contributed by atoms with Crippen LogP contribution in [0.25, 0.3) is 0 Å². The van der Waals surface area contributed by atoms with Gasteiger partial charge in [0.25, 0.3) is 0 Å². The first-order valence-corrected chi connectivity index (χ1v) is 21.3. The maximum Gasteiger partial charge on any atom is 0.338 e. The van der Waals surface area contributed by atoms with Gasteiger partial charge in [-0.1, -0.05) is 106 Å². The summed E-state index contributed by atoms with van der Waals surface area (Å²) in [5, 5.41) is 0.